The molecule has 0 radical (unpaired) electrons. The molecule has 2 aliphatic rings. The average molecular weight is 479 g/mol. The Morgan fingerprint density at radius 3 is 2.03 bits per heavy atom. The number of halogens is 2. The summed E-state index contributed by atoms with van der Waals surface area (Å²) in [7, 11) is 0. The number of β-amino-alcohol motifs (C(OH)–C–C–N with tert-alkyl or cyclic N) is 1. The summed E-state index contributed by atoms with van der Waals surface area (Å²) in [6.45, 7) is 6.52. The predicted molar refractivity (Wildman–Crippen MR) is 124 cm³/mol. The van der Waals surface area contributed by atoms with E-state index in [1.807, 2.05) is 12.1 Å². The summed E-state index contributed by atoms with van der Waals surface area (Å²) >= 11 is 0.403. The third-order valence-electron chi connectivity index (χ3n) is 5.97. The van der Waals surface area contributed by atoms with Crippen molar-refractivity contribution in [1.29, 1.82) is 0 Å². The molecule has 2 fully saturated rings. The number of hydrogen-bond acceptors (Lipinski definition) is 8. The van der Waals surface area contributed by atoms with Gasteiger partial charge in [0.25, 0.3) is 11.7 Å². The first kappa shape index (κ1) is 23.7. The first-order valence-electron chi connectivity index (χ1n) is 11.0. The maximum atomic E-state index is 12.9. The fourth-order valence-electron chi connectivity index (χ4n) is 4.15. The van der Waals surface area contributed by atoms with Crippen molar-refractivity contribution in [2.45, 2.75) is 10.7 Å². The van der Waals surface area contributed by atoms with Crippen LogP contribution in [-0.2, 0) is 0 Å². The van der Waals surface area contributed by atoms with Crippen molar-refractivity contribution in [3.63, 3.8) is 0 Å². The molecule has 178 valence electrons. The first-order chi connectivity index (χ1) is 16.0. The summed E-state index contributed by atoms with van der Waals surface area (Å²) < 4.78 is 25.7. The summed E-state index contributed by atoms with van der Waals surface area (Å²) in [5.41, 5.74) is 0.319. The number of hydrogen-bond donors (Lipinski definition) is 1. The smallest absolute Gasteiger partial charge is 0.288 e. The fourth-order valence-corrected chi connectivity index (χ4v) is 4.78. The molecule has 1 N–H and O–H groups in total. The van der Waals surface area contributed by atoms with Crippen LogP contribution in [0, 0.1) is 0 Å². The van der Waals surface area contributed by atoms with Gasteiger partial charge in [0.1, 0.15) is 0 Å². The highest BCUT2D eigenvalue weighted by Gasteiger charge is 2.26. The first-order valence-corrected chi connectivity index (χ1v) is 11.9. The lowest BCUT2D eigenvalue weighted by atomic mass is 10.2. The Hall–Kier alpha value is -2.50. The fraction of sp³-hybridized carbons (Fsp3) is 0.500. The lowest BCUT2D eigenvalue weighted by Crippen LogP contribution is -2.49. The minimum atomic E-state index is -2.57. The summed E-state index contributed by atoms with van der Waals surface area (Å²) in [5, 5.41) is 17.9. The van der Waals surface area contributed by atoms with Gasteiger partial charge in [-0.2, -0.15) is 8.78 Å². The van der Waals surface area contributed by atoms with Gasteiger partial charge in [0, 0.05) is 63.8 Å². The van der Waals surface area contributed by atoms with Crippen molar-refractivity contribution in [3.05, 3.63) is 42.0 Å². The SMILES string of the molecule is O=C(c1ccccc1SC(F)F)N1CCN(c2ccc(N3CCN(CCO)CC3)nn2)CC1. The minimum Gasteiger partial charge on any atom is -0.395 e. The quantitative estimate of drug-likeness (QED) is 0.605. The molecule has 1 aromatic heterocycles. The van der Waals surface area contributed by atoms with Gasteiger partial charge in [0.15, 0.2) is 11.6 Å². The van der Waals surface area contributed by atoms with Gasteiger partial charge >= 0.3 is 0 Å². The maximum Gasteiger partial charge on any atom is 0.288 e. The van der Waals surface area contributed by atoms with Crippen molar-refractivity contribution < 1.29 is 18.7 Å². The van der Waals surface area contributed by atoms with E-state index >= 15 is 0 Å². The molecular weight excluding hydrogens is 450 g/mol. The minimum absolute atomic E-state index is 0.175. The molecule has 2 aromatic rings. The number of alkyl halides is 2. The number of piperazine rings is 2. The molecule has 0 aliphatic carbocycles. The second kappa shape index (κ2) is 11.1. The van der Waals surface area contributed by atoms with Gasteiger partial charge in [-0.3, -0.25) is 9.69 Å². The number of nitrogens with zero attached hydrogens (tertiary/aromatic N) is 6. The number of thioether (sulfide) groups is 1. The molecule has 0 saturated carbocycles. The van der Waals surface area contributed by atoms with Gasteiger partial charge < -0.3 is 19.8 Å². The van der Waals surface area contributed by atoms with E-state index in [0.717, 1.165) is 37.8 Å². The van der Waals surface area contributed by atoms with Crippen LogP contribution in [0.15, 0.2) is 41.3 Å². The second-order valence-corrected chi connectivity index (χ2v) is 8.99. The number of aliphatic hydroxyl groups excluding tert-OH is 1. The molecule has 0 bridgehead atoms. The van der Waals surface area contributed by atoms with Gasteiger partial charge in [-0.05, 0) is 24.3 Å². The van der Waals surface area contributed by atoms with E-state index in [1.165, 1.54) is 0 Å². The number of aliphatic hydroxyl groups is 1. The van der Waals surface area contributed by atoms with Crippen molar-refractivity contribution in [2.75, 3.05) is 75.3 Å². The Morgan fingerprint density at radius 2 is 1.48 bits per heavy atom. The van der Waals surface area contributed by atoms with Crippen LogP contribution in [0.25, 0.3) is 0 Å². The van der Waals surface area contributed by atoms with Crippen LogP contribution in [0.5, 0.6) is 0 Å². The molecule has 33 heavy (non-hydrogen) atoms. The number of aromatic nitrogens is 2. The van der Waals surface area contributed by atoms with Crippen molar-refractivity contribution in [1.82, 2.24) is 20.0 Å². The highest BCUT2D eigenvalue weighted by Crippen LogP contribution is 2.29. The zero-order valence-electron chi connectivity index (χ0n) is 18.3. The standard InChI is InChI=1S/C22H28F2N6O2S/c23-22(24)33-18-4-2-1-3-17(18)21(32)30-13-11-29(12-14-30)20-6-5-19(25-26-20)28-9-7-27(8-10-28)15-16-31/h1-6,22,31H,7-16H2. The third-order valence-corrected chi connectivity index (χ3v) is 6.76. The van der Waals surface area contributed by atoms with E-state index in [9.17, 15) is 13.6 Å². The Balaban J connectivity index is 1.32. The number of carbonyl (C=O) groups is 1. The summed E-state index contributed by atoms with van der Waals surface area (Å²) in [5.74, 6) is -1.19. The number of carbonyl (C=O) groups excluding carboxylic acids is 1. The van der Waals surface area contributed by atoms with Gasteiger partial charge in [-0.15, -0.1) is 10.2 Å². The van der Waals surface area contributed by atoms with E-state index in [2.05, 4.69) is 24.9 Å². The summed E-state index contributed by atoms with van der Waals surface area (Å²) in [6.07, 6.45) is 0. The Morgan fingerprint density at radius 1 is 0.909 bits per heavy atom. The zero-order chi connectivity index (χ0) is 23.2. The highest BCUT2D eigenvalue weighted by molar-refractivity contribution is 7.99. The van der Waals surface area contributed by atoms with Gasteiger partial charge in [-0.25, -0.2) is 0 Å². The Kier molecular flexibility index (Phi) is 7.94. The number of benzene rings is 1. The second-order valence-electron chi connectivity index (χ2n) is 7.96. The molecule has 2 aliphatic heterocycles. The van der Waals surface area contributed by atoms with Crippen molar-refractivity contribution in [3.8, 4) is 0 Å². The van der Waals surface area contributed by atoms with Crippen LogP contribution in [0.3, 0.4) is 0 Å². The van der Waals surface area contributed by atoms with E-state index in [1.54, 1.807) is 29.2 Å². The molecule has 8 nitrogen and oxygen atoms in total. The summed E-state index contributed by atoms with van der Waals surface area (Å²) in [6, 6.07) is 10.4. The molecule has 11 heteroatoms. The van der Waals surface area contributed by atoms with Crippen LogP contribution in [-0.4, -0.2) is 102 Å². The molecule has 2 saturated heterocycles. The molecular formula is C22H28F2N6O2S. The number of rotatable bonds is 7. The monoisotopic (exact) mass is 478 g/mol. The van der Waals surface area contributed by atoms with Crippen LogP contribution in [0.2, 0.25) is 0 Å². The van der Waals surface area contributed by atoms with E-state index in [-0.39, 0.29) is 12.5 Å². The van der Waals surface area contributed by atoms with Gasteiger partial charge in [-0.1, -0.05) is 23.9 Å². The summed E-state index contributed by atoms with van der Waals surface area (Å²) in [4.78, 5) is 21.4. The van der Waals surface area contributed by atoms with Crippen LogP contribution in [0.1, 0.15) is 10.4 Å². The van der Waals surface area contributed by atoms with Crippen LogP contribution in [0.4, 0.5) is 20.4 Å². The average Bonchev–Trinajstić information content (AvgIpc) is 2.85. The van der Waals surface area contributed by atoms with Crippen molar-refractivity contribution in [2.24, 2.45) is 0 Å². The number of anilines is 2. The number of amides is 1. The van der Waals surface area contributed by atoms with E-state index in [0.29, 0.717) is 54.9 Å². The Labute approximate surface area is 196 Å². The molecule has 3 heterocycles. The largest absolute Gasteiger partial charge is 0.395 e. The lowest BCUT2D eigenvalue weighted by Gasteiger charge is -2.36. The Bertz CT molecular complexity index is 919. The highest BCUT2D eigenvalue weighted by atomic mass is 32.2. The molecule has 1 amide bonds. The van der Waals surface area contributed by atoms with Crippen molar-refractivity contribution >= 4 is 29.3 Å². The molecule has 0 spiro atoms. The van der Waals surface area contributed by atoms with E-state index in [4.69, 9.17) is 5.11 Å². The van der Waals surface area contributed by atoms with Gasteiger partial charge in [0.2, 0.25) is 0 Å². The van der Waals surface area contributed by atoms with Gasteiger partial charge in [0.05, 0.1) is 12.2 Å². The maximum absolute atomic E-state index is 12.9. The third kappa shape index (κ3) is 5.90. The lowest BCUT2D eigenvalue weighted by molar-refractivity contribution is 0.0743. The zero-order valence-corrected chi connectivity index (χ0v) is 19.1. The van der Waals surface area contributed by atoms with Crippen LogP contribution < -0.4 is 9.80 Å². The van der Waals surface area contributed by atoms with E-state index < -0.39 is 5.76 Å². The molecule has 1 aromatic carbocycles. The molecule has 0 atom stereocenters. The topological polar surface area (TPSA) is 76.0 Å². The molecule has 0 unspecified atom stereocenters. The normalized spacial score (nSPS) is 17.6. The molecule has 4 rings (SSSR count). The predicted octanol–water partition coefficient (Wildman–Crippen LogP) is 1.87. The van der Waals surface area contributed by atoms with Crippen LogP contribution >= 0.6 is 11.8 Å².